The monoisotopic (exact) mass is 331 g/mol. The van der Waals surface area contributed by atoms with E-state index in [9.17, 15) is 8.78 Å². The van der Waals surface area contributed by atoms with Crippen molar-refractivity contribution in [2.75, 3.05) is 5.32 Å². The predicted octanol–water partition coefficient (Wildman–Crippen LogP) is 2.91. The maximum absolute atomic E-state index is 13.1. The summed E-state index contributed by atoms with van der Waals surface area (Å²) >= 11 is 1.54. The summed E-state index contributed by atoms with van der Waals surface area (Å²) in [5, 5.41) is 19.3. The normalized spacial score (nSPS) is 8.81. The molecule has 0 atom stereocenters. The van der Waals surface area contributed by atoms with Gasteiger partial charge in [-0.05, 0) is 34.7 Å². The van der Waals surface area contributed by atoms with Gasteiger partial charge in [0.05, 0.1) is 3.57 Å². The highest BCUT2D eigenvalue weighted by Crippen LogP contribution is 2.20. The van der Waals surface area contributed by atoms with Crippen molar-refractivity contribution < 1.29 is 8.78 Å². The van der Waals surface area contributed by atoms with Crippen LogP contribution in [-0.2, 0) is 0 Å². The number of allylic oxidation sites excluding steroid dienone is 1. The van der Waals surface area contributed by atoms with Crippen LogP contribution in [0, 0.1) is 37.9 Å². The third-order valence-corrected chi connectivity index (χ3v) is 2.64. The Morgan fingerprint density at radius 3 is 2.19 bits per heavy atom. The highest BCUT2D eigenvalue weighted by atomic mass is 127. The molecule has 0 aliphatic rings. The molecule has 0 aliphatic heterocycles. The van der Waals surface area contributed by atoms with Gasteiger partial charge in [0.15, 0.2) is 0 Å². The molecule has 3 nitrogen and oxygen atoms in total. The number of nitrogens with one attached hydrogen (secondary N) is 1. The fourth-order valence-electron chi connectivity index (χ4n) is 0.884. The van der Waals surface area contributed by atoms with Gasteiger partial charge in [-0.1, -0.05) is 0 Å². The molecule has 6 heteroatoms. The zero-order valence-electron chi connectivity index (χ0n) is 7.76. The summed E-state index contributed by atoms with van der Waals surface area (Å²) in [6, 6.07) is 5.38. The van der Waals surface area contributed by atoms with Crippen molar-refractivity contribution in [2.45, 2.75) is 0 Å². The van der Waals surface area contributed by atoms with E-state index in [2.05, 4.69) is 5.32 Å². The van der Waals surface area contributed by atoms with Gasteiger partial charge in [-0.25, -0.2) is 8.78 Å². The average Bonchev–Trinajstić information content (AvgIpc) is 2.27. The first-order chi connectivity index (χ1) is 7.58. The molecular weight excluding hydrogens is 327 g/mol. The minimum Gasteiger partial charge on any atom is -0.360 e. The van der Waals surface area contributed by atoms with Gasteiger partial charge in [0.25, 0.3) is 0 Å². The van der Waals surface area contributed by atoms with Gasteiger partial charge >= 0.3 is 0 Å². The molecule has 1 aromatic carbocycles. The van der Waals surface area contributed by atoms with Crippen LogP contribution < -0.4 is 5.32 Å². The van der Waals surface area contributed by atoms with Gasteiger partial charge in [0.2, 0.25) is 0 Å². The molecule has 0 fully saturated rings. The molecule has 0 heterocycles. The Bertz CT molecular complexity index is 487. The zero-order valence-corrected chi connectivity index (χ0v) is 9.92. The number of nitriles is 2. The molecule has 0 saturated heterocycles. The summed E-state index contributed by atoms with van der Waals surface area (Å²) in [6.45, 7) is 0. The van der Waals surface area contributed by atoms with Crippen LogP contribution in [0.5, 0.6) is 0 Å². The molecule has 0 amide bonds. The van der Waals surface area contributed by atoms with Crippen LogP contribution in [-0.4, -0.2) is 0 Å². The fraction of sp³-hybridized carbons (Fsp3) is 0. The molecule has 0 unspecified atom stereocenters. The molecule has 0 radical (unpaired) electrons. The Hall–Kier alpha value is -1.67. The van der Waals surface area contributed by atoms with Crippen molar-refractivity contribution in [3.63, 3.8) is 0 Å². The van der Waals surface area contributed by atoms with Crippen molar-refractivity contribution in [1.29, 1.82) is 10.5 Å². The van der Waals surface area contributed by atoms with E-state index in [1.807, 2.05) is 0 Å². The van der Waals surface area contributed by atoms with Gasteiger partial charge in [0, 0.05) is 11.9 Å². The topological polar surface area (TPSA) is 59.6 Å². The van der Waals surface area contributed by atoms with E-state index < -0.39 is 11.6 Å². The molecule has 16 heavy (non-hydrogen) atoms. The number of benzene rings is 1. The Kier molecular flexibility index (Phi) is 4.20. The molecule has 80 valence electrons. The lowest BCUT2D eigenvalue weighted by Crippen LogP contribution is -1.95. The van der Waals surface area contributed by atoms with Crippen molar-refractivity contribution in [1.82, 2.24) is 0 Å². The average molecular weight is 331 g/mol. The van der Waals surface area contributed by atoms with Gasteiger partial charge in [-0.3, -0.25) is 0 Å². The van der Waals surface area contributed by atoms with Gasteiger partial charge in [0.1, 0.15) is 29.3 Å². The molecule has 1 aromatic rings. The zero-order chi connectivity index (χ0) is 12.1. The Morgan fingerprint density at radius 2 is 1.75 bits per heavy atom. The number of hydrogen-bond acceptors (Lipinski definition) is 3. The van der Waals surface area contributed by atoms with Crippen molar-refractivity contribution in [3.8, 4) is 12.1 Å². The second kappa shape index (κ2) is 5.42. The van der Waals surface area contributed by atoms with E-state index in [1.54, 1.807) is 34.7 Å². The van der Waals surface area contributed by atoms with E-state index in [-0.39, 0.29) is 14.8 Å². The number of rotatable bonds is 2. The van der Waals surface area contributed by atoms with Crippen molar-refractivity contribution in [3.05, 3.63) is 39.1 Å². The van der Waals surface area contributed by atoms with Crippen LogP contribution in [0.15, 0.2) is 23.9 Å². The van der Waals surface area contributed by atoms with Gasteiger partial charge < -0.3 is 5.32 Å². The Labute approximate surface area is 104 Å². The number of hydrogen-bond donors (Lipinski definition) is 1. The number of halogens is 3. The van der Waals surface area contributed by atoms with E-state index in [0.29, 0.717) is 0 Å². The van der Waals surface area contributed by atoms with Crippen LogP contribution in [0.2, 0.25) is 0 Å². The Balaban J connectivity index is 2.98. The van der Waals surface area contributed by atoms with Crippen molar-refractivity contribution >= 4 is 28.3 Å². The highest BCUT2D eigenvalue weighted by Gasteiger charge is 2.07. The van der Waals surface area contributed by atoms with Crippen LogP contribution in [0.4, 0.5) is 14.5 Å². The lowest BCUT2D eigenvalue weighted by Gasteiger charge is -2.03. The molecule has 0 bridgehead atoms. The smallest absolute Gasteiger partial charge is 0.145 e. The van der Waals surface area contributed by atoms with E-state index in [1.165, 1.54) is 0 Å². The molecule has 1 rings (SSSR count). The summed E-state index contributed by atoms with van der Waals surface area (Å²) in [7, 11) is 0. The number of nitrogens with zero attached hydrogens (tertiary/aromatic N) is 2. The fourth-order valence-corrected chi connectivity index (χ4v) is 1.20. The SMILES string of the molecule is N#CC(C#N)=CNc1cc(F)c(I)c(F)c1. The standard InChI is InChI=1S/C10H4F2IN3/c11-8-1-7(2-9(12)10(8)13)16-5-6(3-14)4-15/h1-2,5,16H. The highest BCUT2D eigenvalue weighted by molar-refractivity contribution is 14.1. The molecule has 0 aromatic heterocycles. The molecule has 0 aliphatic carbocycles. The lowest BCUT2D eigenvalue weighted by atomic mass is 10.3. The molecule has 0 saturated carbocycles. The van der Waals surface area contributed by atoms with Crippen LogP contribution >= 0.6 is 22.6 Å². The summed E-state index contributed by atoms with van der Waals surface area (Å²) in [5.74, 6) is -1.40. The summed E-state index contributed by atoms with van der Waals surface area (Å²) in [6.07, 6.45) is 1.08. The Morgan fingerprint density at radius 1 is 1.25 bits per heavy atom. The van der Waals surface area contributed by atoms with Crippen LogP contribution in [0.3, 0.4) is 0 Å². The summed E-state index contributed by atoms with van der Waals surface area (Å²) in [5.41, 5.74) is -0.0437. The maximum atomic E-state index is 13.1. The third-order valence-electron chi connectivity index (χ3n) is 1.61. The van der Waals surface area contributed by atoms with Gasteiger partial charge in [-0.15, -0.1) is 0 Å². The molecular formula is C10H4F2IN3. The third kappa shape index (κ3) is 2.91. The summed E-state index contributed by atoms with van der Waals surface area (Å²) < 4.78 is 26.1. The molecule has 1 N–H and O–H groups in total. The first-order valence-electron chi connectivity index (χ1n) is 4.00. The van der Waals surface area contributed by atoms with Crippen molar-refractivity contribution in [2.24, 2.45) is 0 Å². The predicted molar refractivity (Wildman–Crippen MR) is 62.0 cm³/mol. The van der Waals surface area contributed by atoms with Crippen LogP contribution in [0.25, 0.3) is 0 Å². The van der Waals surface area contributed by atoms with E-state index in [0.717, 1.165) is 18.3 Å². The maximum Gasteiger partial charge on any atom is 0.145 e. The number of anilines is 1. The second-order valence-electron chi connectivity index (χ2n) is 2.68. The quantitative estimate of drug-likeness (QED) is 0.515. The van der Waals surface area contributed by atoms with Crippen LogP contribution in [0.1, 0.15) is 0 Å². The minimum absolute atomic E-state index is 0.104. The second-order valence-corrected chi connectivity index (χ2v) is 3.76. The van der Waals surface area contributed by atoms with E-state index in [4.69, 9.17) is 10.5 Å². The van der Waals surface area contributed by atoms with E-state index >= 15 is 0 Å². The summed E-state index contributed by atoms with van der Waals surface area (Å²) in [4.78, 5) is 0. The first kappa shape index (κ1) is 12.4. The first-order valence-corrected chi connectivity index (χ1v) is 5.07. The lowest BCUT2D eigenvalue weighted by molar-refractivity contribution is 0.571. The molecule has 0 spiro atoms. The van der Waals surface area contributed by atoms with Gasteiger partial charge in [-0.2, -0.15) is 10.5 Å². The largest absolute Gasteiger partial charge is 0.360 e. The minimum atomic E-state index is -0.702.